The van der Waals surface area contributed by atoms with Gasteiger partial charge in [0.25, 0.3) is 0 Å². The Balaban J connectivity index is 2.37. The maximum absolute atomic E-state index is 11.9. The molecule has 0 aromatic heterocycles. The van der Waals surface area contributed by atoms with E-state index in [-0.39, 0.29) is 5.75 Å². The molecule has 20 heavy (non-hydrogen) atoms. The summed E-state index contributed by atoms with van der Waals surface area (Å²) in [6, 6.07) is 7.40. The van der Waals surface area contributed by atoms with Crippen LogP contribution in [0, 0.1) is 0 Å². The number of hydrogen-bond donors (Lipinski definition) is 2. The van der Waals surface area contributed by atoms with Gasteiger partial charge in [0, 0.05) is 13.1 Å². The molecule has 0 saturated carbocycles. The Kier molecular flexibility index (Phi) is 8.21. The zero-order valence-electron chi connectivity index (χ0n) is 12.0. The molecule has 0 aliphatic carbocycles. The molecule has 4 nitrogen and oxygen atoms in total. The van der Waals surface area contributed by atoms with Crippen molar-refractivity contribution in [2.24, 2.45) is 5.73 Å². The van der Waals surface area contributed by atoms with Gasteiger partial charge in [0.05, 0.1) is 5.75 Å². The van der Waals surface area contributed by atoms with Crippen LogP contribution in [0.1, 0.15) is 30.4 Å². The number of sulfonamides is 1. The lowest BCUT2D eigenvalue weighted by Gasteiger charge is -2.07. The standard InChI is InChI=1S/C14H24N2O2S2/c1-19-9-4-2-3-8-16-20(17,18)12-14-7-5-6-13(10-14)11-15/h5-7,10,16H,2-4,8-9,11-12,15H2,1H3. The fraction of sp³-hybridized carbons (Fsp3) is 0.571. The van der Waals surface area contributed by atoms with Crippen LogP contribution < -0.4 is 10.5 Å². The Bertz CT molecular complexity index is 490. The molecule has 0 spiro atoms. The number of unbranched alkanes of at least 4 members (excludes halogenated alkanes) is 2. The average molecular weight is 316 g/mol. The van der Waals surface area contributed by atoms with Gasteiger partial charge in [-0.15, -0.1) is 0 Å². The van der Waals surface area contributed by atoms with Gasteiger partial charge < -0.3 is 5.73 Å². The van der Waals surface area contributed by atoms with Gasteiger partial charge >= 0.3 is 0 Å². The van der Waals surface area contributed by atoms with Crippen molar-refractivity contribution >= 4 is 21.8 Å². The van der Waals surface area contributed by atoms with E-state index in [2.05, 4.69) is 11.0 Å². The third-order valence-corrected chi connectivity index (χ3v) is 4.99. The molecule has 6 heteroatoms. The summed E-state index contributed by atoms with van der Waals surface area (Å²) in [6.07, 6.45) is 5.17. The lowest BCUT2D eigenvalue weighted by molar-refractivity contribution is 0.575. The predicted octanol–water partition coefficient (Wildman–Crippen LogP) is 2.10. The summed E-state index contributed by atoms with van der Waals surface area (Å²) in [5.74, 6) is 1.16. The van der Waals surface area contributed by atoms with Crippen molar-refractivity contribution in [2.45, 2.75) is 31.6 Å². The highest BCUT2D eigenvalue weighted by molar-refractivity contribution is 7.98. The summed E-state index contributed by atoms with van der Waals surface area (Å²) < 4.78 is 26.5. The first-order valence-corrected chi connectivity index (χ1v) is 9.86. The molecule has 3 N–H and O–H groups in total. The SMILES string of the molecule is CSCCCCCNS(=O)(=O)Cc1cccc(CN)c1. The molecule has 0 aliphatic heterocycles. The molecule has 1 aromatic rings. The topological polar surface area (TPSA) is 72.2 Å². The normalized spacial score (nSPS) is 11.7. The summed E-state index contributed by atoms with van der Waals surface area (Å²) in [5.41, 5.74) is 7.29. The molecule has 1 rings (SSSR count). The number of benzene rings is 1. The third kappa shape index (κ3) is 7.28. The molecule has 1 aromatic carbocycles. The van der Waals surface area contributed by atoms with Gasteiger partial charge in [-0.3, -0.25) is 0 Å². The minimum absolute atomic E-state index is 0.0195. The smallest absolute Gasteiger partial charge is 0.215 e. The van der Waals surface area contributed by atoms with Gasteiger partial charge in [-0.25, -0.2) is 13.1 Å². The van der Waals surface area contributed by atoms with Crippen LogP contribution in [-0.4, -0.2) is 27.0 Å². The Labute approximate surface area is 126 Å². The molecule has 0 atom stereocenters. The largest absolute Gasteiger partial charge is 0.326 e. The fourth-order valence-electron chi connectivity index (χ4n) is 1.89. The van der Waals surface area contributed by atoms with E-state index in [9.17, 15) is 8.42 Å². The van der Waals surface area contributed by atoms with Crippen molar-refractivity contribution in [3.05, 3.63) is 35.4 Å². The molecule has 0 radical (unpaired) electrons. The Morgan fingerprint density at radius 3 is 2.65 bits per heavy atom. The van der Waals surface area contributed by atoms with E-state index in [1.807, 2.05) is 36.0 Å². The second-order valence-corrected chi connectivity index (χ2v) is 7.52. The van der Waals surface area contributed by atoms with Gasteiger partial charge in [-0.2, -0.15) is 11.8 Å². The number of rotatable bonds is 10. The van der Waals surface area contributed by atoms with Crippen LogP contribution in [0.4, 0.5) is 0 Å². The van der Waals surface area contributed by atoms with Crippen molar-refractivity contribution in [1.82, 2.24) is 4.72 Å². The van der Waals surface area contributed by atoms with Gasteiger partial charge in [-0.1, -0.05) is 30.7 Å². The third-order valence-electron chi connectivity index (χ3n) is 2.93. The van der Waals surface area contributed by atoms with Crippen molar-refractivity contribution in [3.63, 3.8) is 0 Å². The van der Waals surface area contributed by atoms with Crippen molar-refractivity contribution in [3.8, 4) is 0 Å². The average Bonchev–Trinajstić information content (AvgIpc) is 2.42. The summed E-state index contributed by atoms with van der Waals surface area (Å²) >= 11 is 1.82. The summed E-state index contributed by atoms with van der Waals surface area (Å²) in [7, 11) is -3.25. The highest BCUT2D eigenvalue weighted by Gasteiger charge is 2.10. The van der Waals surface area contributed by atoms with E-state index < -0.39 is 10.0 Å². The monoisotopic (exact) mass is 316 g/mol. The molecule has 0 bridgehead atoms. The quantitative estimate of drug-likeness (QED) is 0.648. The zero-order valence-corrected chi connectivity index (χ0v) is 13.6. The molecular formula is C14H24N2O2S2. The molecular weight excluding hydrogens is 292 g/mol. The molecule has 0 unspecified atom stereocenters. The lowest BCUT2D eigenvalue weighted by atomic mass is 10.1. The maximum Gasteiger partial charge on any atom is 0.215 e. The lowest BCUT2D eigenvalue weighted by Crippen LogP contribution is -2.26. The van der Waals surface area contributed by atoms with Crippen LogP contribution in [0.15, 0.2) is 24.3 Å². The summed E-state index contributed by atoms with van der Waals surface area (Å²) in [5, 5.41) is 0. The fourth-order valence-corrected chi connectivity index (χ4v) is 3.56. The van der Waals surface area contributed by atoms with Crippen LogP contribution in [0.25, 0.3) is 0 Å². The van der Waals surface area contributed by atoms with E-state index in [4.69, 9.17) is 5.73 Å². The summed E-state index contributed by atoms with van der Waals surface area (Å²) in [4.78, 5) is 0. The van der Waals surface area contributed by atoms with Crippen LogP contribution in [0.3, 0.4) is 0 Å². The first-order chi connectivity index (χ1) is 9.57. The van der Waals surface area contributed by atoms with Crippen LogP contribution in [0.5, 0.6) is 0 Å². The van der Waals surface area contributed by atoms with Gasteiger partial charge in [-0.05, 0) is 36.0 Å². The molecule has 0 saturated heterocycles. The highest BCUT2D eigenvalue weighted by Crippen LogP contribution is 2.08. The first-order valence-electron chi connectivity index (χ1n) is 6.81. The molecule has 0 aliphatic rings. The van der Waals surface area contributed by atoms with E-state index in [1.165, 1.54) is 0 Å². The second-order valence-electron chi connectivity index (χ2n) is 4.73. The molecule has 0 heterocycles. The number of nitrogens with one attached hydrogen (secondary N) is 1. The van der Waals surface area contributed by atoms with E-state index in [1.54, 1.807) is 0 Å². The van der Waals surface area contributed by atoms with E-state index in [0.717, 1.165) is 36.1 Å². The summed E-state index contributed by atoms with van der Waals surface area (Å²) in [6.45, 7) is 0.948. The maximum atomic E-state index is 11.9. The zero-order chi connectivity index (χ0) is 14.8. The van der Waals surface area contributed by atoms with Crippen molar-refractivity contribution < 1.29 is 8.42 Å². The van der Waals surface area contributed by atoms with Crippen molar-refractivity contribution in [2.75, 3.05) is 18.6 Å². The van der Waals surface area contributed by atoms with E-state index >= 15 is 0 Å². The van der Waals surface area contributed by atoms with Gasteiger partial charge in [0.1, 0.15) is 0 Å². The van der Waals surface area contributed by atoms with E-state index in [0.29, 0.717) is 13.1 Å². The molecule has 114 valence electrons. The Morgan fingerprint density at radius 1 is 1.20 bits per heavy atom. The number of hydrogen-bond acceptors (Lipinski definition) is 4. The molecule has 0 amide bonds. The Hall–Kier alpha value is -0.560. The number of nitrogens with two attached hydrogens (primary N) is 1. The number of thioether (sulfide) groups is 1. The van der Waals surface area contributed by atoms with Gasteiger partial charge in [0.15, 0.2) is 0 Å². The minimum atomic E-state index is -3.25. The minimum Gasteiger partial charge on any atom is -0.326 e. The van der Waals surface area contributed by atoms with Crippen molar-refractivity contribution in [1.29, 1.82) is 0 Å². The van der Waals surface area contributed by atoms with Gasteiger partial charge in [0.2, 0.25) is 10.0 Å². The highest BCUT2D eigenvalue weighted by atomic mass is 32.2. The second kappa shape index (κ2) is 9.39. The van der Waals surface area contributed by atoms with Crippen LogP contribution >= 0.6 is 11.8 Å². The Morgan fingerprint density at radius 2 is 1.95 bits per heavy atom. The van der Waals surface area contributed by atoms with Crippen LogP contribution in [0.2, 0.25) is 0 Å². The van der Waals surface area contributed by atoms with Crippen LogP contribution in [-0.2, 0) is 22.3 Å². The predicted molar refractivity (Wildman–Crippen MR) is 87.2 cm³/mol. The first kappa shape index (κ1) is 17.5. The molecule has 0 fully saturated rings.